The Morgan fingerprint density at radius 1 is 1.12 bits per heavy atom. The van der Waals surface area contributed by atoms with E-state index < -0.39 is 0 Å². The van der Waals surface area contributed by atoms with Crippen molar-refractivity contribution < 1.29 is 9.47 Å². The first-order valence-electron chi connectivity index (χ1n) is 8.85. The van der Waals surface area contributed by atoms with Crippen LogP contribution in [0, 0.1) is 5.92 Å². The third-order valence-corrected chi connectivity index (χ3v) is 4.83. The molecule has 1 aromatic carbocycles. The first-order chi connectivity index (χ1) is 12.7. The molecule has 3 aromatic rings. The van der Waals surface area contributed by atoms with E-state index in [1.165, 1.54) is 0 Å². The summed E-state index contributed by atoms with van der Waals surface area (Å²) in [5.74, 6) is 1.99. The predicted octanol–water partition coefficient (Wildman–Crippen LogP) is 2.96. The molecule has 1 aliphatic rings. The molecule has 0 bridgehead atoms. The summed E-state index contributed by atoms with van der Waals surface area (Å²) in [4.78, 5) is 24.5. The van der Waals surface area contributed by atoms with Crippen LogP contribution in [-0.2, 0) is 11.2 Å². The Balaban J connectivity index is 1.67. The maximum atomic E-state index is 12.4. The zero-order valence-electron chi connectivity index (χ0n) is 14.7. The second kappa shape index (κ2) is 7.25. The van der Waals surface area contributed by atoms with E-state index in [2.05, 4.69) is 15.0 Å². The standard InChI is InChI=1S/C20H21N3O3/c1-25-15-4-2-14(3-5-15)17-7-6-16-19(21-17)22-18(23-20(16)24)12-13-8-10-26-11-9-13/h2-7,13H,8-12H2,1H3,(H,21,22,23,24). The molecule has 4 rings (SSSR count). The van der Waals surface area contributed by atoms with Crippen molar-refractivity contribution >= 4 is 11.0 Å². The fourth-order valence-corrected chi connectivity index (χ4v) is 3.31. The highest BCUT2D eigenvalue weighted by molar-refractivity contribution is 5.77. The first kappa shape index (κ1) is 16.7. The minimum absolute atomic E-state index is 0.133. The van der Waals surface area contributed by atoms with Crippen molar-refractivity contribution in [3.63, 3.8) is 0 Å². The first-order valence-corrected chi connectivity index (χ1v) is 8.85. The molecule has 1 saturated heterocycles. The number of benzene rings is 1. The van der Waals surface area contributed by atoms with Crippen molar-refractivity contribution in [3.05, 3.63) is 52.6 Å². The van der Waals surface area contributed by atoms with Gasteiger partial charge in [-0.15, -0.1) is 0 Å². The lowest BCUT2D eigenvalue weighted by Crippen LogP contribution is -2.21. The molecule has 3 heterocycles. The van der Waals surface area contributed by atoms with Crippen LogP contribution in [0.25, 0.3) is 22.3 Å². The smallest absolute Gasteiger partial charge is 0.260 e. The molecule has 0 unspecified atom stereocenters. The quantitative estimate of drug-likeness (QED) is 0.782. The molecule has 0 atom stereocenters. The van der Waals surface area contributed by atoms with Gasteiger partial charge in [-0.2, -0.15) is 0 Å². The molecule has 26 heavy (non-hydrogen) atoms. The number of methoxy groups -OCH3 is 1. The summed E-state index contributed by atoms with van der Waals surface area (Å²) in [7, 11) is 1.64. The van der Waals surface area contributed by atoms with Crippen LogP contribution in [0.5, 0.6) is 5.75 Å². The maximum Gasteiger partial charge on any atom is 0.260 e. The van der Waals surface area contributed by atoms with Crippen LogP contribution in [0.15, 0.2) is 41.2 Å². The Bertz CT molecular complexity index is 960. The Morgan fingerprint density at radius 2 is 1.88 bits per heavy atom. The number of hydrogen-bond acceptors (Lipinski definition) is 5. The van der Waals surface area contributed by atoms with Gasteiger partial charge in [0.1, 0.15) is 11.6 Å². The minimum Gasteiger partial charge on any atom is -0.497 e. The number of rotatable bonds is 4. The molecular formula is C20H21N3O3. The largest absolute Gasteiger partial charge is 0.497 e. The van der Waals surface area contributed by atoms with Crippen LogP contribution >= 0.6 is 0 Å². The molecule has 6 heteroatoms. The number of nitrogens with zero attached hydrogens (tertiary/aromatic N) is 2. The van der Waals surface area contributed by atoms with Gasteiger partial charge < -0.3 is 14.5 Å². The van der Waals surface area contributed by atoms with E-state index in [-0.39, 0.29) is 5.56 Å². The van der Waals surface area contributed by atoms with Gasteiger partial charge in [-0.3, -0.25) is 4.79 Å². The Morgan fingerprint density at radius 3 is 2.62 bits per heavy atom. The molecule has 0 aliphatic carbocycles. The zero-order chi connectivity index (χ0) is 17.9. The number of nitrogens with one attached hydrogen (secondary N) is 1. The van der Waals surface area contributed by atoms with E-state index in [0.29, 0.717) is 22.8 Å². The highest BCUT2D eigenvalue weighted by atomic mass is 16.5. The van der Waals surface area contributed by atoms with Crippen LogP contribution in [0.1, 0.15) is 18.7 Å². The van der Waals surface area contributed by atoms with Crippen molar-refractivity contribution in [1.29, 1.82) is 0 Å². The average molecular weight is 351 g/mol. The fraction of sp³-hybridized carbons (Fsp3) is 0.350. The molecule has 2 aromatic heterocycles. The lowest BCUT2D eigenvalue weighted by molar-refractivity contribution is 0.0660. The van der Waals surface area contributed by atoms with Gasteiger partial charge in [0.2, 0.25) is 0 Å². The fourth-order valence-electron chi connectivity index (χ4n) is 3.31. The maximum absolute atomic E-state index is 12.4. The van der Waals surface area contributed by atoms with Gasteiger partial charge in [-0.1, -0.05) is 0 Å². The summed E-state index contributed by atoms with van der Waals surface area (Å²) >= 11 is 0. The molecule has 1 fully saturated rings. The van der Waals surface area contributed by atoms with Gasteiger partial charge in [0.05, 0.1) is 18.2 Å². The number of hydrogen-bond donors (Lipinski definition) is 1. The summed E-state index contributed by atoms with van der Waals surface area (Å²) < 4.78 is 10.6. The second-order valence-electron chi connectivity index (χ2n) is 6.57. The molecule has 1 N–H and O–H groups in total. The highest BCUT2D eigenvalue weighted by Crippen LogP contribution is 2.22. The van der Waals surface area contributed by atoms with Crippen molar-refractivity contribution in [3.8, 4) is 17.0 Å². The van der Waals surface area contributed by atoms with E-state index in [0.717, 1.165) is 49.5 Å². The predicted molar refractivity (Wildman–Crippen MR) is 99.4 cm³/mol. The van der Waals surface area contributed by atoms with Gasteiger partial charge in [0.25, 0.3) is 5.56 Å². The van der Waals surface area contributed by atoms with E-state index in [9.17, 15) is 4.79 Å². The summed E-state index contributed by atoms with van der Waals surface area (Å²) in [6.07, 6.45) is 2.76. The van der Waals surface area contributed by atoms with E-state index >= 15 is 0 Å². The van der Waals surface area contributed by atoms with Crippen LogP contribution in [0.4, 0.5) is 0 Å². The van der Waals surface area contributed by atoms with Gasteiger partial charge in [-0.05, 0) is 55.2 Å². The van der Waals surface area contributed by atoms with E-state index in [1.54, 1.807) is 13.2 Å². The molecule has 0 spiro atoms. The molecule has 0 saturated carbocycles. The second-order valence-corrected chi connectivity index (χ2v) is 6.57. The summed E-state index contributed by atoms with van der Waals surface area (Å²) in [6.45, 7) is 1.56. The van der Waals surface area contributed by atoms with Gasteiger partial charge in [-0.25, -0.2) is 9.97 Å². The van der Waals surface area contributed by atoms with E-state index in [1.807, 2.05) is 30.3 Å². The zero-order valence-corrected chi connectivity index (χ0v) is 14.7. The molecular weight excluding hydrogens is 330 g/mol. The molecule has 0 radical (unpaired) electrons. The number of H-pyrrole nitrogens is 1. The van der Waals surface area contributed by atoms with Crippen LogP contribution < -0.4 is 10.3 Å². The van der Waals surface area contributed by atoms with Gasteiger partial charge in [0, 0.05) is 25.2 Å². The van der Waals surface area contributed by atoms with Crippen molar-refractivity contribution in [2.24, 2.45) is 5.92 Å². The summed E-state index contributed by atoms with van der Waals surface area (Å²) in [6, 6.07) is 11.3. The third kappa shape index (κ3) is 3.46. The van der Waals surface area contributed by atoms with E-state index in [4.69, 9.17) is 9.47 Å². The monoisotopic (exact) mass is 351 g/mol. The number of aromatic nitrogens is 3. The molecule has 0 amide bonds. The van der Waals surface area contributed by atoms with Crippen molar-refractivity contribution in [1.82, 2.24) is 15.0 Å². The highest BCUT2D eigenvalue weighted by Gasteiger charge is 2.16. The van der Waals surface area contributed by atoms with Crippen LogP contribution in [0.2, 0.25) is 0 Å². The van der Waals surface area contributed by atoms with Crippen molar-refractivity contribution in [2.75, 3.05) is 20.3 Å². The van der Waals surface area contributed by atoms with Crippen LogP contribution in [-0.4, -0.2) is 35.3 Å². The van der Waals surface area contributed by atoms with Gasteiger partial charge in [0.15, 0.2) is 5.65 Å². The lowest BCUT2D eigenvalue weighted by atomic mass is 9.96. The number of pyridine rings is 1. The minimum atomic E-state index is -0.133. The van der Waals surface area contributed by atoms with Crippen LogP contribution in [0.3, 0.4) is 0 Å². The SMILES string of the molecule is COc1ccc(-c2ccc3c(=O)[nH]c(CC4CCOCC4)nc3n2)cc1. The van der Waals surface area contributed by atoms with Gasteiger partial charge >= 0.3 is 0 Å². The Kier molecular flexibility index (Phi) is 4.67. The summed E-state index contributed by atoms with van der Waals surface area (Å²) in [5, 5.41) is 0.512. The topological polar surface area (TPSA) is 77.1 Å². The molecule has 6 nitrogen and oxygen atoms in total. The number of fused-ring (bicyclic) bond motifs is 1. The Hall–Kier alpha value is -2.73. The summed E-state index contributed by atoms with van der Waals surface area (Å²) in [5.41, 5.74) is 2.10. The average Bonchev–Trinajstić information content (AvgIpc) is 2.68. The lowest BCUT2D eigenvalue weighted by Gasteiger charge is -2.21. The molecule has 134 valence electrons. The third-order valence-electron chi connectivity index (χ3n) is 4.83. The number of ether oxygens (including phenoxy) is 2. The number of aromatic amines is 1. The van der Waals surface area contributed by atoms with Crippen molar-refractivity contribution in [2.45, 2.75) is 19.3 Å². The molecule has 1 aliphatic heterocycles. The Labute approximate surface area is 151 Å². The normalized spacial score (nSPS) is 15.3.